The van der Waals surface area contributed by atoms with Crippen LogP contribution in [-0.2, 0) is 24.4 Å². The van der Waals surface area contributed by atoms with Crippen molar-refractivity contribution in [3.05, 3.63) is 84.0 Å². The first-order valence-electron chi connectivity index (χ1n) is 8.44. The van der Waals surface area contributed by atoms with Crippen LogP contribution in [0.5, 0.6) is 11.5 Å². The van der Waals surface area contributed by atoms with E-state index < -0.39 is 0 Å². The number of hydrogen-bond acceptors (Lipinski definition) is 3. The zero-order chi connectivity index (χ0) is 17.9. The lowest BCUT2D eigenvalue weighted by molar-refractivity contribution is 0.148. The molecule has 2 rings (SSSR count). The summed E-state index contributed by atoms with van der Waals surface area (Å²) in [5, 5.41) is 0. The highest BCUT2D eigenvalue weighted by Crippen LogP contribution is 2.32. The molecule has 0 atom stereocenters. The van der Waals surface area contributed by atoms with Gasteiger partial charge >= 0.3 is 0 Å². The molecule has 2 aromatic carbocycles. The molecule has 0 saturated heterocycles. The summed E-state index contributed by atoms with van der Waals surface area (Å²) in [6.07, 6.45) is 6.75. The van der Waals surface area contributed by atoms with Crippen molar-refractivity contribution in [2.24, 2.45) is 0 Å². The number of ether oxygens (including phenoxy) is 3. The Kier molecular flexibility index (Phi) is 7.80. The lowest BCUT2D eigenvalue weighted by Crippen LogP contribution is -2.03. The molecular weight excluding hydrogens is 312 g/mol. The Morgan fingerprint density at radius 3 is 2.44 bits per heavy atom. The molecule has 0 aliphatic rings. The van der Waals surface area contributed by atoms with Crippen LogP contribution < -0.4 is 9.47 Å². The van der Waals surface area contributed by atoms with Gasteiger partial charge in [0.1, 0.15) is 6.61 Å². The quantitative estimate of drug-likeness (QED) is 0.446. The lowest BCUT2D eigenvalue weighted by Gasteiger charge is -2.16. The van der Waals surface area contributed by atoms with Gasteiger partial charge in [0, 0.05) is 0 Å². The minimum absolute atomic E-state index is 0.498. The molecule has 0 saturated carbocycles. The summed E-state index contributed by atoms with van der Waals surface area (Å²) in [4.78, 5) is 0. The minimum atomic E-state index is 0.498. The van der Waals surface area contributed by atoms with Gasteiger partial charge in [-0.1, -0.05) is 48.6 Å². The van der Waals surface area contributed by atoms with E-state index in [2.05, 4.69) is 12.7 Å². The molecule has 3 nitrogen and oxygen atoms in total. The Balaban J connectivity index is 2.23. The van der Waals surface area contributed by atoms with Crippen LogP contribution in [-0.4, -0.2) is 13.7 Å². The fourth-order valence-corrected chi connectivity index (χ4v) is 2.47. The average molecular weight is 338 g/mol. The van der Waals surface area contributed by atoms with Crippen molar-refractivity contribution >= 4 is 0 Å². The van der Waals surface area contributed by atoms with Gasteiger partial charge in [0.2, 0.25) is 0 Å². The first kappa shape index (κ1) is 18.8. The molecule has 2 aromatic rings. The third-order valence-corrected chi connectivity index (χ3v) is 3.79. The van der Waals surface area contributed by atoms with E-state index in [1.54, 1.807) is 13.2 Å². The fraction of sp³-hybridized carbons (Fsp3) is 0.273. The zero-order valence-corrected chi connectivity index (χ0v) is 15.0. The highest BCUT2D eigenvalue weighted by atomic mass is 16.5. The summed E-state index contributed by atoms with van der Waals surface area (Å²) in [6.45, 7) is 7.25. The van der Waals surface area contributed by atoms with Crippen molar-refractivity contribution in [1.82, 2.24) is 0 Å². The van der Waals surface area contributed by atoms with E-state index >= 15 is 0 Å². The molecule has 0 fully saturated rings. The second-order valence-corrected chi connectivity index (χ2v) is 5.62. The van der Waals surface area contributed by atoms with Crippen molar-refractivity contribution in [1.29, 1.82) is 0 Å². The third kappa shape index (κ3) is 5.80. The van der Waals surface area contributed by atoms with Crippen molar-refractivity contribution < 1.29 is 14.2 Å². The van der Waals surface area contributed by atoms with Gasteiger partial charge in [-0.15, -0.1) is 6.58 Å². The van der Waals surface area contributed by atoms with Crippen LogP contribution in [0.3, 0.4) is 0 Å². The largest absolute Gasteiger partial charge is 0.493 e. The minimum Gasteiger partial charge on any atom is -0.493 e. The standard InChI is InChI=1S/C22H26O3/c1-4-6-12-19-14-21(23-3)22(15-20(19)17-24-13-5-2)25-16-18-10-8-7-9-11-18/h4-11,14-15H,2,12-13,16-17H2,1,3H3/b6-4+. The number of rotatable bonds is 10. The second-order valence-electron chi connectivity index (χ2n) is 5.62. The highest BCUT2D eigenvalue weighted by Gasteiger charge is 2.12. The Morgan fingerprint density at radius 2 is 1.76 bits per heavy atom. The van der Waals surface area contributed by atoms with Crippen LogP contribution in [0, 0.1) is 0 Å². The van der Waals surface area contributed by atoms with E-state index in [1.807, 2.05) is 55.5 Å². The number of methoxy groups -OCH3 is 1. The third-order valence-electron chi connectivity index (χ3n) is 3.79. The molecule has 0 amide bonds. The first-order valence-corrected chi connectivity index (χ1v) is 8.44. The molecular formula is C22H26O3. The van der Waals surface area contributed by atoms with Gasteiger partial charge in [-0.3, -0.25) is 0 Å². The predicted molar refractivity (Wildman–Crippen MR) is 102 cm³/mol. The second kappa shape index (κ2) is 10.4. The van der Waals surface area contributed by atoms with Gasteiger partial charge in [-0.25, -0.2) is 0 Å². The molecule has 0 bridgehead atoms. The molecule has 0 N–H and O–H groups in total. The SMILES string of the molecule is C=CCOCc1cc(OCc2ccccc2)c(OC)cc1C/C=C/C. The van der Waals surface area contributed by atoms with E-state index in [1.165, 1.54) is 5.56 Å². The average Bonchev–Trinajstić information content (AvgIpc) is 2.66. The van der Waals surface area contributed by atoms with Gasteiger partial charge in [0.15, 0.2) is 11.5 Å². The zero-order valence-electron chi connectivity index (χ0n) is 15.0. The molecule has 0 aliphatic heterocycles. The smallest absolute Gasteiger partial charge is 0.162 e. The molecule has 0 aliphatic carbocycles. The normalized spacial score (nSPS) is 10.8. The Hall–Kier alpha value is -2.52. The molecule has 0 spiro atoms. The summed E-state index contributed by atoms with van der Waals surface area (Å²) < 4.78 is 17.2. The number of allylic oxidation sites excluding steroid dienone is 2. The van der Waals surface area contributed by atoms with Gasteiger partial charge in [0.05, 0.1) is 20.3 Å². The van der Waals surface area contributed by atoms with Crippen LogP contribution in [0.15, 0.2) is 67.3 Å². The van der Waals surface area contributed by atoms with Crippen molar-refractivity contribution in [2.75, 3.05) is 13.7 Å². The van der Waals surface area contributed by atoms with E-state index in [-0.39, 0.29) is 0 Å². The monoisotopic (exact) mass is 338 g/mol. The van der Waals surface area contributed by atoms with Gasteiger partial charge < -0.3 is 14.2 Å². The van der Waals surface area contributed by atoms with Crippen molar-refractivity contribution in [3.8, 4) is 11.5 Å². The van der Waals surface area contributed by atoms with Gasteiger partial charge in [-0.2, -0.15) is 0 Å². The molecule has 0 radical (unpaired) electrons. The van der Waals surface area contributed by atoms with Crippen LogP contribution in [0.4, 0.5) is 0 Å². The Labute approximate surface area is 150 Å². The fourth-order valence-electron chi connectivity index (χ4n) is 2.47. The van der Waals surface area contributed by atoms with Gasteiger partial charge in [0.25, 0.3) is 0 Å². The Morgan fingerprint density at radius 1 is 1.00 bits per heavy atom. The number of benzene rings is 2. The predicted octanol–water partition coefficient (Wildman–Crippen LogP) is 5.10. The summed E-state index contributed by atoms with van der Waals surface area (Å²) in [7, 11) is 1.66. The maximum absolute atomic E-state index is 6.00. The molecule has 0 aromatic heterocycles. The molecule has 0 heterocycles. The van der Waals surface area contributed by atoms with E-state index in [0.29, 0.717) is 19.8 Å². The maximum Gasteiger partial charge on any atom is 0.162 e. The van der Waals surface area contributed by atoms with E-state index in [4.69, 9.17) is 14.2 Å². The summed E-state index contributed by atoms with van der Waals surface area (Å²) in [5.41, 5.74) is 3.39. The summed E-state index contributed by atoms with van der Waals surface area (Å²) >= 11 is 0. The topological polar surface area (TPSA) is 27.7 Å². The first-order chi connectivity index (χ1) is 12.3. The number of hydrogen-bond donors (Lipinski definition) is 0. The van der Waals surface area contributed by atoms with Crippen molar-refractivity contribution in [3.63, 3.8) is 0 Å². The van der Waals surface area contributed by atoms with Crippen LogP contribution >= 0.6 is 0 Å². The molecule has 25 heavy (non-hydrogen) atoms. The van der Waals surface area contributed by atoms with E-state index in [0.717, 1.165) is 29.0 Å². The Bertz CT molecular complexity index is 690. The van der Waals surface area contributed by atoms with Gasteiger partial charge in [-0.05, 0) is 42.2 Å². The highest BCUT2D eigenvalue weighted by molar-refractivity contribution is 5.48. The van der Waals surface area contributed by atoms with Crippen molar-refractivity contribution in [2.45, 2.75) is 26.6 Å². The van der Waals surface area contributed by atoms with Crippen LogP contribution in [0.25, 0.3) is 0 Å². The lowest BCUT2D eigenvalue weighted by atomic mass is 10.0. The maximum atomic E-state index is 6.00. The van der Waals surface area contributed by atoms with E-state index in [9.17, 15) is 0 Å². The summed E-state index contributed by atoms with van der Waals surface area (Å²) in [5.74, 6) is 1.47. The molecule has 132 valence electrons. The molecule has 0 unspecified atom stereocenters. The van der Waals surface area contributed by atoms with Crippen LogP contribution in [0.2, 0.25) is 0 Å². The molecule has 3 heteroatoms. The van der Waals surface area contributed by atoms with Crippen LogP contribution in [0.1, 0.15) is 23.6 Å². The summed E-state index contributed by atoms with van der Waals surface area (Å²) in [6, 6.07) is 14.1.